The number of carbonyl (C=O) groups excluding carboxylic acids is 1. The van der Waals surface area contributed by atoms with Gasteiger partial charge in [-0.3, -0.25) is 9.69 Å². The van der Waals surface area contributed by atoms with Crippen LogP contribution in [0.5, 0.6) is 0 Å². The van der Waals surface area contributed by atoms with Crippen molar-refractivity contribution in [1.29, 1.82) is 0 Å². The molecule has 5 heteroatoms. The normalized spacial score (nSPS) is 16.4. The highest BCUT2D eigenvalue weighted by atomic mass is 16.1. The Bertz CT molecular complexity index is 586. The molecule has 3 N–H and O–H groups in total. The maximum atomic E-state index is 12.2. The maximum absolute atomic E-state index is 12.2. The van der Waals surface area contributed by atoms with Gasteiger partial charge in [0, 0.05) is 56.4 Å². The monoisotopic (exact) mass is 272 g/mol. The molecule has 2 heterocycles. The van der Waals surface area contributed by atoms with Crippen molar-refractivity contribution in [1.82, 2.24) is 20.5 Å². The average molecular weight is 272 g/mol. The third kappa shape index (κ3) is 2.84. The van der Waals surface area contributed by atoms with E-state index in [-0.39, 0.29) is 5.91 Å². The minimum atomic E-state index is -0.00224. The number of hydrogen-bond acceptors (Lipinski definition) is 3. The second-order valence-electron chi connectivity index (χ2n) is 5.10. The van der Waals surface area contributed by atoms with Crippen LogP contribution < -0.4 is 10.6 Å². The van der Waals surface area contributed by atoms with Crippen LogP contribution in [0.4, 0.5) is 0 Å². The lowest BCUT2D eigenvalue weighted by Gasteiger charge is -2.27. The molecule has 1 amide bonds. The Morgan fingerprint density at radius 2 is 2.05 bits per heavy atom. The maximum Gasteiger partial charge on any atom is 0.253 e. The van der Waals surface area contributed by atoms with Crippen molar-refractivity contribution in [2.24, 2.45) is 0 Å². The topological polar surface area (TPSA) is 60.2 Å². The molecule has 1 aliphatic heterocycles. The van der Waals surface area contributed by atoms with Gasteiger partial charge in [-0.15, -0.1) is 0 Å². The first-order chi connectivity index (χ1) is 9.84. The summed E-state index contributed by atoms with van der Waals surface area (Å²) >= 11 is 0. The van der Waals surface area contributed by atoms with Crippen molar-refractivity contribution in [3.63, 3.8) is 0 Å². The predicted octanol–water partition coefficient (Wildman–Crippen LogP) is 0.803. The first-order valence-electron chi connectivity index (χ1n) is 7.12. The summed E-state index contributed by atoms with van der Waals surface area (Å²) in [4.78, 5) is 17.7. The van der Waals surface area contributed by atoms with Crippen LogP contribution in [0.1, 0.15) is 10.4 Å². The number of nitrogens with zero attached hydrogens (tertiary/aromatic N) is 1. The van der Waals surface area contributed by atoms with Gasteiger partial charge in [-0.05, 0) is 6.07 Å². The lowest BCUT2D eigenvalue weighted by molar-refractivity contribution is 0.0949. The van der Waals surface area contributed by atoms with Crippen molar-refractivity contribution in [2.75, 3.05) is 39.3 Å². The molecule has 5 nitrogen and oxygen atoms in total. The highest BCUT2D eigenvalue weighted by molar-refractivity contribution is 6.06. The number of amides is 1. The minimum Gasteiger partial charge on any atom is -0.360 e. The predicted molar refractivity (Wildman–Crippen MR) is 79.9 cm³/mol. The second-order valence-corrected chi connectivity index (χ2v) is 5.10. The molecule has 1 aliphatic rings. The first-order valence-corrected chi connectivity index (χ1v) is 7.12. The van der Waals surface area contributed by atoms with Gasteiger partial charge in [0.05, 0.1) is 5.56 Å². The summed E-state index contributed by atoms with van der Waals surface area (Å²) in [5, 5.41) is 7.31. The fourth-order valence-corrected chi connectivity index (χ4v) is 2.62. The Hall–Kier alpha value is -1.85. The van der Waals surface area contributed by atoms with Gasteiger partial charge in [-0.25, -0.2) is 0 Å². The number of hydrogen-bond donors (Lipinski definition) is 3. The number of piperazine rings is 1. The molecule has 0 aliphatic carbocycles. The van der Waals surface area contributed by atoms with Crippen molar-refractivity contribution in [3.8, 4) is 0 Å². The van der Waals surface area contributed by atoms with Gasteiger partial charge in [0.1, 0.15) is 0 Å². The van der Waals surface area contributed by atoms with E-state index in [9.17, 15) is 4.79 Å². The average Bonchev–Trinajstić information content (AvgIpc) is 2.92. The summed E-state index contributed by atoms with van der Waals surface area (Å²) in [5.41, 5.74) is 1.72. The molecule has 0 atom stereocenters. The number of carbonyl (C=O) groups is 1. The van der Waals surface area contributed by atoms with Gasteiger partial charge in [-0.2, -0.15) is 0 Å². The molecule has 0 unspecified atom stereocenters. The summed E-state index contributed by atoms with van der Waals surface area (Å²) in [6.07, 6.45) is 1.78. The molecule has 3 rings (SSSR count). The summed E-state index contributed by atoms with van der Waals surface area (Å²) in [6, 6.07) is 7.86. The molecule has 0 saturated carbocycles. The molecule has 2 aromatic rings. The van der Waals surface area contributed by atoms with Crippen molar-refractivity contribution in [3.05, 3.63) is 36.0 Å². The van der Waals surface area contributed by atoms with Gasteiger partial charge in [0.25, 0.3) is 5.91 Å². The molecule has 0 spiro atoms. The van der Waals surface area contributed by atoms with Gasteiger partial charge >= 0.3 is 0 Å². The zero-order chi connectivity index (χ0) is 13.8. The van der Waals surface area contributed by atoms with E-state index in [1.807, 2.05) is 24.3 Å². The lowest BCUT2D eigenvalue weighted by atomic mass is 10.1. The molecule has 20 heavy (non-hydrogen) atoms. The standard InChI is InChI=1S/C15H20N4O/c20-15(17-7-10-19-8-5-16-6-9-19)13-11-18-14-4-2-1-3-12(13)14/h1-4,11,16,18H,5-10H2,(H,17,20). The van der Waals surface area contributed by atoms with E-state index in [2.05, 4.69) is 20.5 Å². The number of fused-ring (bicyclic) bond motifs is 1. The zero-order valence-electron chi connectivity index (χ0n) is 11.5. The Balaban J connectivity index is 1.56. The molecular formula is C15H20N4O. The Morgan fingerprint density at radius 3 is 2.90 bits per heavy atom. The van der Waals surface area contributed by atoms with E-state index in [1.54, 1.807) is 6.20 Å². The summed E-state index contributed by atoms with van der Waals surface area (Å²) < 4.78 is 0. The SMILES string of the molecule is O=C(NCCN1CCNCC1)c1c[nH]c2ccccc12. The molecule has 1 saturated heterocycles. The van der Waals surface area contributed by atoms with Gasteiger partial charge < -0.3 is 15.6 Å². The van der Waals surface area contributed by atoms with Crippen LogP contribution in [0.3, 0.4) is 0 Å². The highest BCUT2D eigenvalue weighted by Crippen LogP contribution is 2.17. The van der Waals surface area contributed by atoms with Crippen LogP contribution in [-0.4, -0.2) is 55.1 Å². The fraction of sp³-hybridized carbons (Fsp3) is 0.400. The number of H-pyrrole nitrogens is 1. The highest BCUT2D eigenvalue weighted by Gasteiger charge is 2.12. The Morgan fingerprint density at radius 1 is 1.25 bits per heavy atom. The minimum absolute atomic E-state index is 0.00224. The van der Waals surface area contributed by atoms with E-state index >= 15 is 0 Å². The molecule has 106 valence electrons. The van der Waals surface area contributed by atoms with Crippen LogP contribution in [0, 0.1) is 0 Å². The van der Waals surface area contributed by atoms with Crippen LogP contribution in [0.25, 0.3) is 10.9 Å². The van der Waals surface area contributed by atoms with Crippen molar-refractivity contribution < 1.29 is 4.79 Å². The second kappa shape index (κ2) is 6.07. The molecule has 1 fully saturated rings. The van der Waals surface area contributed by atoms with Crippen LogP contribution in [-0.2, 0) is 0 Å². The van der Waals surface area contributed by atoms with Crippen LogP contribution >= 0.6 is 0 Å². The fourth-order valence-electron chi connectivity index (χ4n) is 2.62. The van der Waals surface area contributed by atoms with Gasteiger partial charge in [0.2, 0.25) is 0 Å². The number of aromatic nitrogens is 1. The molecule has 0 radical (unpaired) electrons. The summed E-state index contributed by atoms with van der Waals surface area (Å²) in [5.74, 6) is -0.00224. The lowest BCUT2D eigenvalue weighted by Crippen LogP contribution is -2.46. The summed E-state index contributed by atoms with van der Waals surface area (Å²) in [7, 11) is 0. The van der Waals surface area contributed by atoms with E-state index < -0.39 is 0 Å². The molecule has 0 bridgehead atoms. The molecule has 1 aromatic carbocycles. The zero-order valence-corrected chi connectivity index (χ0v) is 11.5. The smallest absolute Gasteiger partial charge is 0.253 e. The number of aromatic amines is 1. The Kier molecular flexibility index (Phi) is 3.99. The number of benzene rings is 1. The first kappa shape index (κ1) is 13.1. The largest absolute Gasteiger partial charge is 0.360 e. The van der Waals surface area contributed by atoms with E-state index in [4.69, 9.17) is 0 Å². The van der Waals surface area contributed by atoms with Crippen molar-refractivity contribution in [2.45, 2.75) is 0 Å². The number of para-hydroxylation sites is 1. The third-order valence-electron chi connectivity index (χ3n) is 3.76. The quantitative estimate of drug-likeness (QED) is 0.771. The molecular weight excluding hydrogens is 252 g/mol. The van der Waals surface area contributed by atoms with Crippen LogP contribution in [0.15, 0.2) is 30.5 Å². The summed E-state index contributed by atoms with van der Waals surface area (Å²) in [6.45, 7) is 5.80. The Labute approximate surface area is 118 Å². The van der Waals surface area contributed by atoms with Crippen LogP contribution in [0.2, 0.25) is 0 Å². The van der Waals surface area contributed by atoms with E-state index in [0.717, 1.165) is 49.2 Å². The number of rotatable bonds is 4. The van der Waals surface area contributed by atoms with E-state index in [0.29, 0.717) is 6.54 Å². The van der Waals surface area contributed by atoms with E-state index in [1.165, 1.54) is 0 Å². The van der Waals surface area contributed by atoms with Crippen molar-refractivity contribution >= 4 is 16.8 Å². The van der Waals surface area contributed by atoms with Gasteiger partial charge in [-0.1, -0.05) is 18.2 Å². The molecule has 1 aromatic heterocycles. The third-order valence-corrected chi connectivity index (χ3v) is 3.76. The number of nitrogens with one attached hydrogen (secondary N) is 3. The van der Waals surface area contributed by atoms with Gasteiger partial charge in [0.15, 0.2) is 0 Å².